The monoisotopic (exact) mass is 374 g/mol. The zero-order valence-corrected chi connectivity index (χ0v) is 17.8. The molecule has 0 radical (unpaired) electrons. The molecule has 1 rings (SSSR count). The second kappa shape index (κ2) is 10.0. The van der Waals surface area contributed by atoms with Gasteiger partial charge in [-0.3, -0.25) is 9.00 Å². The largest absolute Gasteiger partial charge is 0.468 e. The van der Waals surface area contributed by atoms with Crippen molar-refractivity contribution in [1.29, 1.82) is 0 Å². The Labute approximate surface area is 156 Å². The summed E-state index contributed by atoms with van der Waals surface area (Å²) in [5.74, 6) is 0.192. The zero-order valence-electron chi connectivity index (χ0n) is 17.0. The van der Waals surface area contributed by atoms with Crippen molar-refractivity contribution in [2.75, 3.05) is 31.7 Å². The van der Waals surface area contributed by atoms with Gasteiger partial charge >= 0.3 is 5.97 Å². The summed E-state index contributed by atoms with van der Waals surface area (Å²) >= 11 is 0. The summed E-state index contributed by atoms with van der Waals surface area (Å²) in [5, 5.41) is 3.75. The van der Waals surface area contributed by atoms with Crippen LogP contribution >= 0.6 is 0 Å². The number of methoxy groups -OCH3 is 1. The van der Waals surface area contributed by atoms with Gasteiger partial charge in [0.1, 0.15) is 5.75 Å². The minimum Gasteiger partial charge on any atom is -0.468 e. The molecule has 0 spiro atoms. The lowest BCUT2D eigenvalue weighted by Gasteiger charge is -2.50. The fourth-order valence-electron chi connectivity index (χ4n) is 4.06. The van der Waals surface area contributed by atoms with Gasteiger partial charge in [0.15, 0.2) is 0 Å². The average Bonchev–Trinajstić information content (AvgIpc) is 2.47. The Balaban J connectivity index is 2.61. The smallest absolute Gasteiger partial charge is 0.318 e. The Morgan fingerprint density at radius 1 is 1.16 bits per heavy atom. The van der Waals surface area contributed by atoms with Gasteiger partial charge in [0.2, 0.25) is 0 Å². The van der Waals surface area contributed by atoms with Gasteiger partial charge in [-0.25, -0.2) is 0 Å². The highest BCUT2D eigenvalue weighted by atomic mass is 32.2. The van der Waals surface area contributed by atoms with Crippen molar-refractivity contribution < 1.29 is 13.7 Å². The van der Waals surface area contributed by atoms with Crippen molar-refractivity contribution in [3.8, 4) is 0 Å². The van der Waals surface area contributed by atoms with E-state index in [1.54, 1.807) is 0 Å². The van der Waals surface area contributed by atoms with E-state index in [0.717, 1.165) is 32.4 Å². The van der Waals surface area contributed by atoms with Crippen molar-refractivity contribution in [3.05, 3.63) is 0 Å². The van der Waals surface area contributed by atoms with E-state index in [9.17, 15) is 9.00 Å². The first-order valence-electron chi connectivity index (χ1n) is 9.54. The Morgan fingerprint density at radius 3 is 2.24 bits per heavy atom. The van der Waals surface area contributed by atoms with Gasteiger partial charge in [0.05, 0.1) is 7.11 Å². The van der Waals surface area contributed by atoms with Crippen LogP contribution in [0.25, 0.3) is 0 Å². The van der Waals surface area contributed by atoms with Crippen LogP contribution in [0.2, 0.25) is 0 Å². The molecule has 0 aromatic carbocycles. The summed E-state index contributed by atoms with van der Waals surface area (Å²) in [6, 6.07) is 0.548. The first-order chi connectivity index (χ1) is 11.6. The summed E-state index contributed by atoms with van der Waals surface area (Å²) in [7, 11) is 0.219. The van der Waals surface area contributed by atoms with E-state index >= 15 is 0 Å². The molecule has 1 N–H and O–H groups in total. The Kier molecular flexibility index (Phi) is 9.05. The molecule has 148 valence electrons. The number of carbonyl (C=O) groups is 1. The standard InChI is InChI=1S/C19H38N2O3S/c1-7-8-10-21(11-9-12-25(23)15-17(22)24-6)16-13-18(2,3)20-19(4,5)14-16/h16,20H,7-15H2,1-6H3. The summed E-state index contributed by atoms with van der Waals surface area (Å²) < 4.78 is 16.6. The quantitative estimate of drug-likeness (QED) is 0.596. The third-order valence-electron chi connectivity index (χ3n) is 4.81. The SMILES string of the molecule is CCCCN(CCCS(=O)CC(=O)OC)C1CC(C)(C)NC(C)(C)C1. The van der Waals surface area contributed by atoms with Gasteiger partial charge in [0.25, 0.3) is 0 Å². The van der Waals surface area contributed by atoms with E-state index in [1.165, 1.54) is 20.0 Å². The Morgan fingerprint density at radius 2 is 1.72 bits per heavy atom. The Bertz CT molecular complexity index is 436. The third-order valence-corrected chi connectivity index (χ3v) is 6.11. The number of carbonyl (C=O) groups excluding carboxylic acids is 1. The zero-order chi connectivity index (χ0) is 19.1. The van der Waals surface area contributed by atoms with Crippen LogP contribution in [0.1, 0.15) is 66.7 Å². The van der Waals surface area contributed by atoms with E-state index in [2.05, 4.69) is 49.6 Å². The van der Waals surface area contributed by atoms with Crippen LogP contribution in [-0.4, -0.2) is 63.9 Å². The lowest BCUT2D eigenvalue weighted by atomic mass is 9.79. The highest BCUT2D eigenvalue weighted by Gasteiger charge is 2.39. The third kappa shape index (κ3) is 8.65. The van der Waals surface area contributed by atoms with Crippen LogP contribution in [0, 0.1) is 0 Å². The van der Waals surface area contributed by atoms with Crippen LogP contribution < -0.4 is 5.32 Å². The van der Waals surface area contributed by atoms with Gasteiger partial charge in [-0.15, -0.1) is 0 Å². The highest BCUT2D eigenvalue weighted by molar-refractivity contribution is 7.85. The van der Waals surface area contributed by atoms with E-state index in [0.29, 0.717) is 11.8 Å². The van der Waals surface area contributed by atoms with E-state index < -0.39 is 10.8 Å². The molecule has 1 heterocycles. The molecule has 0 aliphatic carbocycles. The number of hydrogen-bond acceptors (Lipinski definition) is 5. The molecule has 0 aromatic rings. The number of rotatable bonds is 10. The van der Waals surface area contributed by atoms with Crippen molar-refractivity contribution in [2.24, 2.45) is 0 Å². The number of nitrogens with zero attached hydrogens (tertiary/aromatic N) is 1. The molecule has 0 aromatic heterocycles. The van der Waals surface area contributed by atoms with Crippen LogP contribution in [0.15, 0.2) is 0 Å². The molecule has 1 atom stereocenters. The molecular formula is C19H38N2O3S. The minimum absolute atomic E-state index is 0.0128. The summed E-state index contributed by atoms with van der Waals surface area (Å²) in [6.45, 7) is 13.4. The van der Waals surface area contributed by atoms with Crippen LogP contribution in [0.5, 0.6) is 0 Å². The lowest BCUT2D eigenvalue weighted by molar-refractivity contribution is -0.137. The fraction of sp³-hybridized carbons (Fsp3) is 0.947. The van der Waals surface area contributed by atoms with Gasteiger partial charge in [-0.05, 0) is 66.5 Å². The van der Waals surface area contributed by atoms with Crippen molar-refractivity contribution in [3.63, 3.8) is 0 Å². The van der Waals surface area contributed by atoms with Crippen molar-refractivity contribution in [2.45, 2.75) is 83.8 Å². The molecule has 1 unspecified atom stereocenters. The van der Waals surface area contributed by atoms with Crippen LogP contribution in [-0.2, 0) is 20.3 Å². The lowest BCUT2D eigenvalue weighted by Crippen LogP contribution is -2.62. The van der Waals surface area contributed by atoms with Crippen LogP contribution in [0.3, 0.4) is 0 Å². The molecule has 1 saturated heterocycles. The maximum absolute atomic E-state index is 12.0. The molecule has 0 saturated carbocycles. The number of unbranched alkanes of at least 4 members (excludes halogenated alkanes) is 1. The molecule has 25 heavy (non-hydrogen) atoms. The first kappa shape index (κ1) is 22.6. The normalized spacial score (nSPS) is 21.2. The summed E-state index contributed by atoms with van der Waals surface area (Å²) in [4.78, 5) is 13.8. The second-order valence-electron chi connectivity index (χ2n) is 8.56. The number of piperidine rings is 1. The van der Waals surface area contributed by atoms with E-state index in [4.69, 9.17) is 0 Å². The maximum atomic E-state index is 12.0. The summed E-state index contributed by atoms with van der Waals surface area (Å²) in [5.41, 5.74) is 0.259. The van der Waals surface area contributed by atoms with E-state index in [-0.39, 0.29) is 22.8 Å². The molecule has 1 aliphatic rings. The first-order valence-corrected chi connectivity index (χ1v) is 11.0. The van der Waals surface area contributed by atoms with Crippen molar-refractivity contribution in [1.82, 2.24) is 10.2 Å². The van der Waals surface area contributed by atoms with Crippen molar-refractivity contribution >= 4 is 16.8 Å². The van der Waals surface area contributed by atoms with Gasteiger partial charge in [0, 0.05) is 33.7 Å². The molecule has 5 nitrogen and oxygen atoms in total. The molecule has 1 fully saturated rings. The number of hydrogen-bond donors (Lipinski definition) is 1. The van der Waals surface area contributed by atoms with E-state index in [1.807, 2.05) is 0 Å². The van der Waals surface area contributed by atoms with Crippen LogP contribution in [0.4, 0.5) is 0 Å². The molecule has 6 heteroatoms. The maximum Gasteiger partial charge on any atom is 0.318 e. The topological polar surface area (TPSA) is 58.6 Å². The minimum atomic E-state index is -1.12. The van der Waals surface area contributed by atoms with Gasteiger partial charge in [-0.1, -0.05) is 13.3 Å². The number of nitrogens with one attached hydrogen (secondary N) is 1. The van der Waals surface area contributed by atoms with Gasteiger partial charge in [-0.2, -0.15) is 0 Å². The number of ether oxygens (including phenoxy) is 1. The Hall–Kier alpha value is -0.460. The molecular weight excluding hydrogens is 336 g/mol. The molecule has 0 bridgehead atoms. The predicted octanol–water partition coefficient (Wildman–Crippen LogP) is 2.71. The second-order valence-corrected chi connectivity index (χ2v) is 10.1. The highest BCUT2D eigenvalue weighted by Crippen LogP contribution is 2.31. The summed E-state index contributed by atoms with van der Waals surface area (Å²) in [6.07, 6.45) is 5.49. The molecule has 1 aliphatic heterocycles. The van der Waals surface area contributed by atoms with Gasteiger partial charge < -0.3 is 15.0 Å². The fourth-order valence-corrected chi connectivity index (χ4v) is 5.03. The average molecular weight is 375 g/mol. The number of esters is 1. The predicted molar refractivity (Wildman–Crippen MR) is 105 cm³/mol. The molecule has 0 amide bonds.